The number of benzene rings is 1. The van der Waals surface area contributed by atoms with Gasteiger partial charge >= 0.3 is 0 Å². The second-order valence-corrected chi connectivity index (χ2v) is 7.65. The van der Waals surface area contributed by atoms with Gasteiger partial charge in [-0.25, -0.2) is 9.97 Å². The maximum absolute atomic E-state index is 12.6. The van der Waals surface area contributed by atoms with Crippen LogP contribution in [0.2, 0.25) is 0 Å². The van der Waals surface area contributed by atoms with Crippen molar-refractivity contribution in [3.8, 4) is 5.13 Å². The summed E-state index contributed by atoms with van der Waals surface area (Å²) in [6, 6.07) is 11.6. The number of para-hydroxylation sites is 2. The number of H-pyrrole nitrogens is 1. The minimum Gasteiger partial charge on any atom is -0.346 e. The molecule has 1 aromatic carbocycles. The third-order valence-electron chi connectivity index (χ3n) is 4.39. The topological polar surface area (TPSA) is 75.6 Å². The molecule has 1 amide bonds. The van der Waals surface area contributed by atoms with E-state index in [1.165, 1.54) is 11.3 Å². The third kappa shape index (κ3) is 3.78. The van der Waals surface area contributed by atoms with E-state index in [0.29, 0.717) is 0 Å². The Bertz CT molecular complexity index is 1010. The van der Waals surface area contributed by atoms with E-state index in [2.05, 4.69) is 34.1 Å². The van der Waals surface area contributed by atoms with E-state index in [0.717, 1.165) is 27.7 Å². The average Bonchev–Trinajstić information content (AvgIpc) is 3.38. The molecule has 138 valence electrons. The Hall–Kier alpha value is -2.93. The number of thiazole rings is 1. The van der Waals surface area contributed by atoms with Crippen LogP contribution < -0.4 is 5.32 Å². The Morgan fingerprint density at radius 1 is 1.19 bits per heavy atom. The van der Waals surface area contributed by atoms with Crippen molar-refractivity contribution in [2.75, 3.05) is 0 Å². The molecule has 4 rings (SSSR count). The molecule has 0 aliphatic carbocycles. The number of nitrogens with zero attached hydrogens (tertiary/aromatic N) is 3. The Morgan fingerprint density at radius 2 is 1.96 bits per heavy atom. The minimum atomic E-state index is -0.174. The maximum atomic E-state index is 12.6. The van der Waals surface area contributed by atoms with E-state index in [1.807, 2.05) is 58.7 Å². The SMILES string of the molecule is CC(C)[C@H](NC(=O)Cc1csc(-n2cccc2)n1)c1nc2ccccc2[nH]1. The summed E-state index contributed by atoms with van der Waals surface area (Å²) in [6.07, 6.45) is 4.14. The first-order chi connectivity index (χ1) is 13.1. The molecular weight excluding hydrogens is 358 g/mol. The minimum absolute atomic E-state index is 0.0569. The summed E-state index contributed by atoms with van der Waals surface area (Å²) in [7, 11) is 0. The van der Waals surface area contributed by atoms with E-state index in [9.17, 15) is 4.79 Å². The zero-order valence-corrected chi connectivity index (χ0v) is 16.0. The molecule has 1 atom stereocenters. The fourth-order valence-corrected chi connectivity index (χ4v) is 3.81. The number of carbonyl (C=O) groups is 1. The van der Waals surface area contributed by atoms with Crippen molar-refractivity contribution in [3.63, 3.8) is 0 Å². The molecule has 6 nitrogen and oxygen atoms in total. The summed E-state index contributed by atoms with van der Waals surface area (Å²) in [5.74, 6) is 0.935. The monoisotopic (exact) mass is 379 g/mol. The second-order valence-electron chi connectivity index (χ2n) is 6.82. The first kappa shape index (κ1) is 17.5. The normalized spacial score (nSPS) is 12.6. The van der Waals surface area contributed by atoms with Crippen molar-refractivity contribution in [1.82, 2.24) is 24.8 Å². The van der Waals surface area contributed by atoms with E-state index >= 15 is 0 Å². The van der Waals surface area contributed by atoms with Gasteiger partial charge in [-0.3, -0.25) is 4.79 Å². The van der Waals surface area contributed by atoms with Crippen LogP contribution in [0.25, 0.3) is 16.2 Å². The highest BCUT2D eigenvalue weighted by Gasteiger charge is 2.22. The Kier molecular flexibility index (Phi) is 4.77. The largest absolute Gasteiger partial charge is 0.346 e. The van der Waals surface area contributed by atoms with Crippen LogP contribution in [0.3, 0.4) is 0 Å². The summed E-state index contributed by atoms with van der Waals surface area (Å²) in [5.41, 5.74) is 2.65. The van der Waals surface area contributed by atoms with Gasteiger partial charge in [0, 0.05) is 17.8 Å². The van der Waals surface area contributed by atoms with Gasteiger partial charge in [0.25, 0.3) is 0 Å². The van der Waals surface area contributed by atoms with Crippen LogP contribution in [0.1, 0.15) is 31.4 Å². The summed E-state index contributed by atoms with van der Waals surface area (Å²) in [6.45, 7) is 4.15. The smallest absolute Gasteiger partial charge is 0.226 e. The molecule has 0 fully saturated rings. The summed E-state index contributed by atoms with van der Waals surface area (Å²) in [4.78, 5) is 25.1. The van der Waals surface area contributed by atoms with E-state index in [1.54, 1.807) is 0 Å². The van der Waals surface area contributed by atoms with Gasteiger partial charge in [0.05, 0.1) is 29.2 Å². The number of aromatic nitrogens is 4. The highest BCUT2D eigenvalue weighted by Crippen LogP contribution is 2.22. The Labute approximate surface area is 161 Å². The predicted molar refractivity (Wildman–Crippen MR) is 107 cm³/mol. The van der Waals surface area contributed by atoms with Crippen LogP contribution in [0.4, 0.5) is 0 Å². The Morgan fingerprint density at radius 3 is 2.70 bits per heavy atom. The zero-order chi connectivity index (χ0) is 18.8. The van der Waals surface area contributed by atoms with Gasteiger partial charge in [0.1, 0.15) is 5.82 Å². The van der Waals surface area contributed by atoms with Crippen LogP contribution in [0, 0.1) is 5.92 Å². The first-order valence-electron chi connectivity index (χ1n) is 8.92. The lowest BCUT2D eigenvalue weighted by Gasteiger charge is -2.20. The second kappa shape index (κ2) is 7.36. The van der Waals surface area contributed by atoms with Crippen molar-refractivity contribution in [2.24, 2.45) is 5.92 Å². The van der Waals surface area contributed by atoms with Gasteiger partial charge in [0.15, 0.2) is 5.13 Å². The molecule has 4 aromatic rings. The molecule has 0 radical (unpaired) electrons. The summed E-state index contributed by atoms with van der Waals surface area (Å²) in [5, 5.41) is 5.90. The lowest BCUT2D eigenvalue weighted by Crippen LogP contribution is -2.33. The van der Waals surface area contributed by atoms with Crippen LogP contribution in [-0.2, 0) is 11.2 Å². The quantitative estimate of drug-likeness (QED) is 0.534. The van der Waals surface area contributed by atoms with E-state index in [4.69, 9.17) is 0 Å². The average molecular weight is 379 g/mol. The molecule has 0 spiro atoms. The standard InChI is InChI=1S/C20H21N5OS/c1-13(2)18(19-22-15-7-3-4-8-16(15)23-19)24-17(26)11-14-12-27-20(21-14)25-9-5-6-10-25/h3-10,12-13,18H,11H2,1-2H3,(H,22,23)(H,24,26)/t18-/m0/s1. The van der Waals surface area contributed by atoms with Gasteiger partial charge in [-0.2, -0.15) is 0 Å². The number of carbonyl (C=O) groups excluding carboxylic acids is 1. The number of hydrogen-bond donors (Lipinski definition) is 2. The maximum Gasteiger partial charge on any atom is 0.226 e. The van der Waals surface area contributed by atoms with E-state index in [-0.39, 0.29) is 24.3 Å². The molecule has 0 aliphatic heterocycles. The number of amides is 1. The van der Waals surface area contributed by atoms with Gasteiger partial charge < -0.3 is 14.9 Å². The van der Waals surface area contributed by atoms with Gasteiger partial charge in [-0.05, 0) is 30.2 Å². The van der Waals surface area contributed by atoms with Gasteiger partial charge in [-0.1, -0.05) is 26.0 Å². The fourth-order valence-electron chi connectivity index (χ4n) is 3.02. The van der Waals surface area contributed by atoms with Gasteiger partial charge in [0.2, 0.25) is 5.91 Å². The van der Waals surface area contributed by atoms with Crippen LogP contribution in [-0.4, -0.2) is 25.4 Å². The molecule has 3 aromatic heterocycles. The highest BCUT2D eigenvalue weighted by atomic mass is 32.1. The lowest BCUT2D eigenvalue weighted by molar-refractivity contribution is -0.121. The van der Waals surface area contributed by atoms with Crippen molar-refractivity contribution >= 4 is 28.3 Å². The number of fused-ring (bicyclic) bond motifs is 1. The van der Waals surface area contributed by atoms with Crippen molar-refractivity contribution in [2.45, 2.75) is 26.3 Å². The molecule has 7 heteroatoms. The summed E-state index contributed by atoms with van der Waals surface area (Å²) < 4.78 is 1.94. The molecule has 2 N–H and O–H groups in total. The number of imidazole rings is 1. The molecule has 0 saturated heterocycles. The van der Waals surface area contributed by atoms with Gasteiger partial charge in [-0.15, -0.1) is 11.3 Å². The first-order valence-corrected chi connectivity index (χ1v) is 9.80. The number of nitrogens with one attached hydrogen (secondary N) is 2. The van der Waals surface area contributed by atoms with Crippen LogP contribution in [0.15, 0.2) is 54.2 Å². The highest BCUT2D eigenvalue weighted by molar-refractivity contribution is 7.12. The molecule has 3 heterocycles. The Balaban J connectivity index is 1.48. The van der Waals surface area contributed by atoms with E-state index < -0.39 is 0 Å². The lowest BCUT2D eigenvalue weighted by atomic mass is 10.0. The molecule has 0 aliphatic rings. The molecular formula is C20H21N5OS. The number of rotatable bonds is 6. The number of hydrogen-bond acceptors (Lipinski definition) is 4. The van der Waals surface area contributed by atoms with Crippen molar-refractivity contribution in [1.29, 1.82) is 0 Å². The predicted octanol–water partition coefficient (Wildman–Crippen LogP) is 3.87. The molecule has 0 saturated carbocycles. The third-order valence-corrected chi connectivity index (χ3v) is 5.29. The van der Waals surface area contributed by atoms with Crippen molar-refractivity contribution < 1.29 is 4.79 Å². The fraction of sp³-hybridized carbons (Fsp3) is 0.250. The van der Waals surface area contributed by atoms with Crippen molar-refractivity contribution in [3.05, 3.63) is 65.7 Å². The van der Waals surface area contributed by atoms with Crippen LogP contribution >= 0.6 is 11.3 Å². The molecule has 27 heavy (non-hydrogen) atoms. The number of aromatic amines is 1. The molecule has 0 unspecified atom stereocenters. The van der Waals surface area contributed by atoms with Crippen LogP contribution in [0.5, 0.6) is 0 Å². The summed E-state index contributed by atoms with van der Waals surface area (Å²) >= 11 is 1.53. The zero-order valence-electron chi connectivity index (χ0n) is 15.2. The molecule has 0 bridgehead atoms.